The van der Waals surface area contributed by atoms with Gasteiger partial charge in [0.15, 0.2) is 0 Å². The first-order chi connectivity index (χ1) is 13.9. The van der Waals surface area contributed by atoms with Gasteiger partial charge in [-0.05, 0) is 36.4 Å². The number of fused-ring (bicyclic) bond motifs is 1. The van der Waals surface area contributed by atoms with Gasteiger partial charge in [-0.25, -0.2) is 17.5 Å². The maximum atomic E-state index is 12.9. The van der Waals surface area contributed by atoms with E-state index >= 15 is 0 Å². The predicted octanol–water partition coefficient (Wildman–Crippen LogP) is 2.41. The average molecular weight is 451 g/mol. The number of aromatic nitrogens is 4. The minimum absolute atomic E-state index is 0.0162. The highest BCUT2D eigenvalue weighted by atomic mass is 32.2. The molecule has 2 aromatic carbocycles. The lowest BCUT2D eigenvalue weighted by molar-refractivity contribution is 0.102. The Labute approximate surface area is 172 Å². The lowest BCUT2D eigenvalue weighted by Crippen LogP contribution is -2.23. The lowest BCUT2D eigenvalue weighted by Gasteiger charge is -2.05. The van der Waals surface area contributed by atoms with E-state index < -0.39 is 21.7 Å². The Morgan fingerprint density at radius 2 is 1.86 bits per heavy atom. The number of anilines is 1. The maximum absolute atomic E-state index is 12.9. The Morgan fingerprint density at radius 3 is 2.66 bits per heavy atom. The topological polar surface area (TPSA) is 127 Å². The number of carbonyl (C=O) groups is 1. The van der Waals surface area contributed by atoms with Crippen molar-refractivity contribution in [1.29, 1.82) is 0 Å². The fourth-order valence-electron chi connectivity index (χ4n) is 2.37. The third-order valence-corrected chi connectivity index (χ3v) is 6.61. The number of rotatable bonds is 6. The molecule has 0 saturated heterocycles. The van der Waals surface area contributed by atoms with Crippen molar-refractivity contribution in [2.24, 2.45) is 0 Å². The van der Waals surface area contributed by atoms with E-state index in [2.05, 4.69) is 29.0 Å². The van der Waals surface area contributed by atoms with E-state index in [0.29, 0.717) is 21.7 Å². The molecular formula is C16H11FN6O3S3. The number of sulfonamides is 1. The van der Waals surface area contributed by atoms with E-state index in [-0.39, 0.29) is 16.4 Å². The van der Waals surface area contributed by atoms with Gasteiger partial charge in [-0.15, -0.1) is 10.2 Å². The molecule has 4 aromatic rings. The molecule has 0 bridgehead atoms. The van der Waals surface area contributed by atoms with Crippen LogP contribution in [0, 0.1) is 5.82 Å². The van der Waals surface area contributed by atoms with Crippen molar-refractivity contribution >= 4 is 55.7 Å². The Kier molecular flexibility index (Phi) is 5.27. The standard InChI is InChI=1S/C16H11FN6O3S3/c17-9-4-6-10(7-5-9)19-15(24)16-21-20-13(27-16)8-18-29(25,26)12-3-1-2-11-14(12)23-28-22-11/h1-7,18H,8H2,(H,19,24). The third-order valence-electron chi connectivity index (χ3n) is 3.72. The molecule has 0 spiro atoms. The molecule has 29 heavy (non-hydrogen) atoms. The monoisotopic (exact) mass is 450 g/mol. The van der Waals surface area contributed by atoms with Crippen molar-refractivity contribution in [1.82, 2.24) is 23.7 Å². The number of hydrogen-bond acceptors (Lipinski definition) is 9. The van der Waals surface area contributed by atoms with Gasteiger partial charge in [-0.2, -0.15) is 8.75 Å². The fourth-order valence-corrected chi connectivity index (χ4v) is 4.89. The van der Waals surface area contributed by atoms with Gasteiger partial charge in [-0.1, -0.05) is 17.4 Å². The summed E-state index contributed by atoms with van der Waals surface area (Å²) in [5.74, 6) is -0.945. The maximum Gasteiger partial charge on any atom is 0.286 e. The van der Waals surface area contributed by atoms with E-state index in [1.807, 2.05) is 0 Å². The normalized spacial score (nSPS) is 11.6. The van der Waals surface area contributed by atoms with Crippen LogP contribution in [-0.4, -0.2) is 33.3 Å². The number of amides is 1. The van der Waals surface area contributed by atoms with E-state index in [1.165, 1.54) is 30.3 Å². The number of nitrogens with zero attached hydrogens (tertiary/aromatic N) is 4. The van der Waals surface area contributed by atoms with Crippen LogP contribution >= 0.6 is 23.1 Å². The summed E-state index contributed by atoms with van der Waals surface area (Å²) in [7, 11) is -3.86. The largest absolute Gasteiger partial charge is 0.320 e. The SMILES string of the molecule is O=C(Nc1ccc(F)cc1)c1nnc(CNS(=O)(=O)c2cccc3nsnc23)s1. The molecule has 0 aliphatic rings. The predicted molar refractivity (Wildman–Crippen MR) is 106 cm³/mol. The number of hydrogen-bond donors (Lipinski definition) is 2. The van der Waals surface area contributed by atoms with Crippen molar-refractivity contribution in [3.8, 4) is 0 Å². The van der Waals surface area contributed by atoms with Crippen LogP contribution in [0.15, 0.2) is 47.4 Å². The fraction of sp³-hybridized carbons (Fsp3) is 0.0625. The van der Waals surface area contributed by atoms with Crippen LogP contribution in [0.5, 0.6) is 0 Å². The summed E-state index contributed by atoms with van der Waals surface area (Å²) in [6.45, 7) is -0.141. The highest BCUT2D eigenvalue weighted by molar-refractivity contribution is 7.89. The smallest absolute Gasteiger partial charge is 0.286 e. The summed E-state index contributed by atoms with van der Waals surface area (Å²) in [6.07, 6.45) is 0. The molecule has 0 unspecified atom stereocenters. The van der Waals surface area contributed by atoms with Crippen molar-refractivity contribution in [3.05, 3.63) is 58.3 Å². The quantitative estimate of drug-likeness (QED) is 0.462. The van der Waals surface area contributed by atoms with E-state index in [1.54, 1.807) is 12.1 Å². The van der Waals surface area contributed by atoms with Crippen LogP contribution in [-0.2, 0) is 16.6 Å². The molecule has 0 aliphatic heterocycles. The van der Waals surface area contributed by atoms with Crippen molar-refractivity contribution < 1.29 is 17.6 Å². The minimum atomic E-state index is -3.86. The molecule has 2 aromatic heterocycles. The molecule has 2 heterocycles. The van der Waals surface area contributed by atoms with Crippen LogP contribution in [0.3, 0.4) is 0 Å². The lowest BCUT2D eigenvalue weighted by atomic mass is 10.3. The van der Waals surface area contributed by atoms with Gasteiger partial charge < -0.3 is 5.32 Å². The molecular weight excluding hydrogens is 439 g/mol. The number of nitrogens with one attached hydrogen (secondary N) is 2. The molecule has 0 aliphatic carbocycles. The van der Waals surface area contributed by atoms with Gasteiger partial charge in [-0.3, -0.25) is 4.79 Å². The van der Waals surface area contributed by atoms with Gasteiger partial charge in [0.2, 0.25) is 15.0 Å². The van der Waals surface area contributed by atoms with Gasteiger partial charge in [0.25, 0.3) is 5.91 Å². The number of halogens is 1. The Morgan fingerprint density at radius 1 is 1.07 bits per heavy atom. The van der Waals surface area contributed by atoms with Crippen LogP contribution in [0.4, 0.5) is 10.1 Å². The first-order valence-corrected chi connectivity index (χ1v) is 11.1. The van der Waals surface area contributed by atoms with Crippen LogP contribution in [0.25, 0.3) is 11.0 Å². The summed E-state index contributed by atoms with van der Waals surface area (Å²) < 4.78 is 48.6. The van der Waals surface area contributed by atoms with E-state index in [0.717, 1.165) is 23.1 Å². The molecule has 0 atom stereocenters. The average Bonchev–Trinajstić information content (AvgIpc) is 3.37. The zero-order chi connectivity index (χ0) is 20.4. The van der Waals surface area contributed by atoms with Crippen molar-refractivity contribution in [2.75, 3.05) is 5.32 Å². The highest BCUT2D eigenvalue weighted by Gasteiger charge is 2.21. The van der Waals surface area contributed by atoms with Gasteiger partial charge >= 0.3 is 0 Å². The van der Waals surface area contributed by atoms with E-state index in [4.69, 9.17) is 0 Å². The van der Waals surface area contributed by atoms with Gasteiger partial charge in [0, 0.05) is 5.69 Å². The number of benzene rings is 2. The molecule has 0 saturated carbocycles. The molecule has 4 rings (SSSR count). The molecule has 148 valence electrons. The van der Waals surface area contributed by atoms with Crippen molar-refractivity contribution in [2.45, 2.75) is 11.4 Å². The first-order valence-electron chi connectivity index (χ1n) is 8.03. The molecule has 2 N–H and O–H groups in total. The van der Waals surface area contributed by atoms with Crippen LogP contribution in [0.1, 0.15) is 14.8 Å². The van der Waals surface area contributed by atoms with Gasteiger partial charge in [0.05, 0.1) is 18.3 Å². The summed E-state index contributed by atoms with van der Waals surface area (Å²) in [6, 6.07) is 9.96. The van der Waals surface area contributed by atoms with E-state index in [9.17, 15) is 17.6 Å². The molecule has 1 amide bonds. The van der Waals surface area contributed by atoms with Crippen LogP contribution < -0.4 is 10.0 Å². The summed E-state index contributed by atoms with van der Waals surface area (Å²) in [5, 5.41) is 10.5. The zero-order valence-electron chi connectivity index (χ0n) is 14.4. The van der Waals surface area contributed by atoms with Crippen LogP contribution in [0.2, 0.25) is 0 Å². The first kappa shape index (κ1) is 19.4. The summed E-state index contributed by atoms with van der Waals surface area (Å²) in [5.41, 5.74) is 1.19. The second kappa shape index (κ2) is 7.87. The zero-order valence-corrected chi connectivity index (χ0v) is 16.8. The summed E-state index contributed by atoms with van der Waals surface area (Å²) >= 11 is 1.87. The second-order valence-electron chi connectivity index (χ2n) is 5.67. The van der Waals surface area contributed by atoms with Crippen molar-refractivity contribution in [3.63, 3.8) is 0 Å². The Hall–Kier alpha value is -2.87. The molecule has 13 heteroatoms. The molecule has 0 fully saturated rings. The minimum Gasteiger partial charge on any atom is -0.320 e. The second-order valence-corrected chi connectivity index (χ2v) is 9.00. The molecule has 9 nitrogen and oxygen atoms in total. The molecule has 0 radical (unpaired) electrons. The Balaban J connectivity index is 1.44. The highest BCUT2D eigenvalue weighted by Crippen LogP contribution is 2.21. The third kappa shape index (κ3) is 4.27. The Bertz CT molecular complexity index is 1290. The summed E-state index contributed by atoms with van der Waals surface area (Å²) in [4.78, 5) is 12.2. The van der Waals surface area contributed by atoms with Gasteiger partial charge in [0.1, 0.15) is 26.8 Å². The number of carbonyl (C=O) groups excluding carboxylic acids is 1.